The molecule has 2 aromatic carbocycles. The molecule has 0 aliphatic carbocycles. The third-order valence-electron chi connectivity index (χ3n) is 6.26. The first kappa shape index (κ1) is 23.6. The molecule has 176 valence electrons. The molecule has 1 saturated heterocycles. The smallest absolute Gasteiger partial charge is 0.184 e. The summed E-state index contributed by atoms with van der Waals surface area (Å²) in [6.07, 6.45) is 1.02. The Kier molecular flexibility index (Phi) is 8.52. The lowest BCUT2D eigenvalue weighted by Crippen LogP contribution is -2.61. The van der Waals surface area contributed by atoms with Crippen LogP contribution in [0.2, 0.25) is 0 Å². The zero-order valence-corrected chi connectivity index (χ0v) is 19.2. The van der Waals surface area contributed by atoms with Gasteiger partial charge in [0.1, 0.15) is 24.4 Å². The Balaban J connectivity index is 1.62. The van der Waals surface area contributed by atoms with E-state index >= 15 is 0 Å². The number of fused-ring (bicyclic) bond motifs is 4. The highest BCUT2D eigenvalue weighted by Crippen LogP contribution is 2.31. The van der Waals surface area contributed by atoms with Gasteiger partial charge in [-0.3, -0.25) is 0 Å². The zero-order valence-electron chi connectivity index (χ0n) is 19.2. The Morgan fingerprint density at radius 1 is 0.906 bits per heavy atom. The number of aliphatic hydroxyl groups is 1. The van der Waals surface area contributed by atoms with E-state index in [0.29, 0.717) is 33.0 Å². The molecule has 6 nitrogen and oxygen atoms in total. The van der Waals surface area contributed by atoms with E-state index in [2.05, 4.69) is 38.1 Å². The Labute approximate surface area is 190 Å². The number of hydrogen-bond donors (Lipinski definition) is 1. The molecule has 0 spiro atoms. The van der Waals surface area contributed by atoms with Crippen molar-refractivity contribution in [2.75, 3.05) is 19.8 Å². The molecule has 2 aliphatic heterocycles. The molecule has 2 heterocycles. The van der Waals surface area contributed by atoms with Gasteiger partial charge in [-0.05, 0) is 46.9 Å². The first-order valence-corrected chi connectivity index (χ1v) is 12.0. The van der Waals surface area contributed by atoms with Crippen LogP contribution in [0.4, 0.5) is 0 Å². The Morgan fingerprint density at radius 2 is 1.53 bits per heavy atom. The first-order chi connectivity index (χ1) is 15.7. The summed E-state index contributed by atoms with van der Waals surface area (Å²) in [5, 5.41) is 13.1. The molecule has 2 bridgehead atoms. The van der Waals surface area contributed by atoms with E-state index in [1.54, 1.807) is 0 Å². The highest BCUT2D eigenvalue weighted by Gasteiger charge is 2.48. The van der Waals surface area contributed by atoms with E-state index in [0.717, 1.165) is 36.8 Å². The average Bonchev–Trinajstić information content (AvgIpc) is 2.80. The normalized spacial score (nSPS) is 28.4. The fraction of sp³-hybridized carbons (Fsp3) is 0.615. The van der Waals surface area contributed by atoms with Crippen LogP contribution in [0.25, 0.3) is 10.8 Å². The molecule has 1 fully saturated rings. The van der Waals surface area contributed by atoms with Crippen LogP contribution in [0.5, 0.6) is 0 Å². The van der Waals surface area contributed by atoms with Gasteiger partial charge in [0, 0.05) is 13.2 Å². The molecule has 32 heavy (non-hydrogen) atoms. The second kappa shape index (κ2) is 11.5. The van der Waals surface area contributed by atoms with Crippen LogP contribution in [0.15, 0.2) is 36.4 Å². The van der Waals surface area contributed by atoms with E-state index in [9.17, 15) is 5.11 Å². The number of aliphatic hydroxyl groups excluding tert-OH is 1. The number of hydrogen-bond acceptors (Lipinski definition) is 6. The van der Waals surface area contributed by atoms with E-state index in [1.807, 2.05) is 12.1 Å². The molecule has 3 unspecified atom stereocenters. The van der Waals surface area contributed by atoms with Crippen molar-refractivity contribution in [1.82, 2.24) is 0 Å². The van der Waals surface area contributed by atoms with Gasteiger partial charge in [-0.25, -0.2) is 0 Å². The molecule has 0 aromatic heterocycles. The van der Waals surface area contributed by atoms with Crippen LogP contribution >= 0.6 is 0 Å². The minimum absolute atomic E-state index is 0.321. The van der Waals surface area contributed by atoms with Gasteiger partial charge < -0.3 is 28.8 Å². The van der Waals surface area contributed by atoms with E-state index in [1.165, 1.54) is 10.8 Å². The van der Waals surface area contributed by atoms with E-state index in [4.69, 9.17) is 23.7 Å². The molecular formula is C26H36O6. The third kappa shape index (κ3) is 5.50. The highest BCUT2D eigenvalue weighted by atomic mass is 16.7. The van der Waals surface area contributed by atoms with Crippen molar-refractivity contribution >= 4 is 10.8 Å². The Bertz CT molecular complexity index is 855. The van der Waals surface area contributed by atoms with Gasteiger partial charge in [0.2, 0.25) is 0 Å². The number of rotatable bonds is 8. The van der Waals surface area contributed by atoms with Gasteiger partial charge in [-0.2, -0.15) is 0 Å². The van der Waals surface area contributed by atoms with Crippen LogP contribution in [0, 0.1) is 0 Å². The summed E-state index contributed by atoms with van der Waals surface area (Å²) in [6.45, 7) is 6.59. The number of ether oxygens (including phenoxy) is 5. The van der Waals surface area contributed by atoms with Crippen molar-refractivity contribution in [1.29, 1.82) is 0 Å². The summed E-state index contributed by atoms with van der Waals surface area (Å²) in [6, 6.07) is 12.6. The average molecular weight is 445 g/mol. The SMILES string of the molecule is CCCCO[C@@H]1C(O)OC2COCc3cc4ccccc4cc3COC1[C@@H]2OCCCC. The topological polar surface area (TPSA) is 66.4 Å². The summed E-state index contributed by atoms with van der Waals surface area (Å²) < 4.78 is 30.8. The lowest BCUT2D eigenvalue weighted by molar-refractivity contribution is -0.314. The Hall–Kier alpha value is -1.54. The van der Waals surface area contributed by atoms with Crippen LogP contribution in [0.3, 0.4) is 0 Å². The van der Waals surface area contributed by atoms with Crippen LogP contribution in [0.1, 0.15) is 50.7 Å². The molecule has 0 radical (unpaired) electrons. The molecule has 0 saturated carbocycles. The number of unbranched alkanes of at least 4 members (excludes halogenated alkanes) is 2. The van der Waals surface area contributed by atoms with Crippen molar-refractivity contribution < 1.29 is 28.8 Å². The maximum atomic E-state index is 10.7. The highest BCUT2D eigenvalue weighted by molar-refractivity contribution is 5.84. The molecule has 1 N–H and O–H groups in total. The van der Waals surface area contributed by atoms with Gasteiger partial charge in [-0.15, -0.1) is 0 Å². The fourth-order valence-electron chi connectivity index (χ4n) is 4.40. The fourth-order valence-corrected chi connectivity index (χ4v) is 4.40. The maximum Gasteiger partial charge on any atom is 0.184 e. The predicted molar refractivity (Wildman–Crippen MR) is 122 cm³/mol. The molecule has 0 amide bonds. The van der Waals surface area contributed by atoms with Crippen molar-refractivity contribution in [2.24, 2.45) is 0 Å². The minimum atomic E-state index is -1.08. The van der Waals surface area contributed by atoms with Crippen molar-refractivity contribution in [3.05, 3.63) is 47.5 Å². The van der Waals surface area contributed by atoms with Crippen LogP contribution in [-0.2, 0) is 36.9 Å². The molecular weight excluding hydrogens is 408 g/mol. The lowest BCUT2D eigenvalue weighted by Gasteiger charge is -2.45. The third-order valence-corrected chi connectivity index (χ3v) is 6.26. The van der Waals surface area contributed by atoms with Crippen LogP contribution in [-0.4, -0.2) is 55.6 Å². The monoisotopic (exact) mass is 444 g/mol. The first-order valence-electron chi connectivity index (χ1n) is 12.0. The summed E-state index contributed by atoms with van der Waals surface area (Å²) >= 11 is 0. The van der Waals surface area contributed by atoms with Gasteiger partial charge in [-0.1, -0.05) is 51.0 Å². The van der Waals surface area contributed by atoms with Gasteiger partial charge in [0.25, 0.3) is 0 Å². The predicted octanol–water partition coefficient (Wildman–Crippen LogP) is 4.34. The lowest BCUT2D eigenvalue weighted by atomic mass is 9.97. The van der Waals surface area contributed by atoms with Crippen molar-refractivity contribution in [3.8, 4) is 0 Å². The van der Waals surface area contributed by atoms with Crippen LogP contribution < -0.4 is 0 Å². The van der Waals surface area contributed by atoms with Crippen molar-refractivity contribution in [3.63, 3.8) is 0 Å². The molecule has 6 heteroatoms. The summed E-state index contributed by atoms with van der Waals surface area (Å²) in [5.41, 5.74) is 2.19. The molecule has 2 aliphatic rings. The largest absolute Gasteiger partial charge is 0.374 e. The van der Waals surface area contributed by atoms with Gasteiger partial charge in [0.15, 0.2) is 6.29 Å². The molecule has 5 atom stereocenters. The van der Waals surface area contributed by atoms with Gasteiger partial charge in [0.05, 0.1) is 19.8 Å². The molecule has 2 aromatic rings. The molecule has 4 rings (SSSR count). The van der Waals surface area contributed by atoms with Crippen molar-refractivity contribution in [2.45, 2.75) is 83.5 Å². The second-order valence-electron chi connectivity index (χ2n) is 8.70. The van der Waals surface area contributed by atoms with E-state index < -0.39 is 24.6 Å². The number of benzene rings is 2. The zero-order chi connectivity index (χ0) is 22.3. The quantitative estimate of drug-likeness (QED) is 0.611. The summed E-state index contributed by atoms with van der Waals surface area (Å²) in [4.78, 5) is 0. The van der Waals surface area contributed by atoms with E-state index in [-0.39, 0.29) is 6.10 Å². The van der Waals surface area contributed by atoms with Gasteiger partial charge >= 0.3 is 0 Å². The summed E-state index contributed by atoms with van der Waals surface area (Å²) in [7, 11) is 0. The summed E-state index contributed by atoms with van der Waals surface area (Å²) in [5.74, 6) is 0. The standard InChI is InChI=1S/C26H36O6/c1-3-5-11-29-23-22-17-28-15-20-13-18-9-7-8-10-19(18)14-21(20)16-31-24(23)25(26(27)32-22)30-12-6-4-2/h7-10,13-14,22-27H,3-6,11-12,15-17H2,1-2H3/t22?,23-,24?,25+,26?/m1/s1. The second-order valence-corrected chi connectivity index (χ2v) is 8.70. The maximum absolute atomic E-state index is 10.7. The Morgan fingerprint density at radius 3 is 2.19 bits per heavy atom. The minimum Gasteiger partial charge on any atom is -0.374 e.